The van der Waals surface area contributed by atoms with Gasteiger partial charge in [-0.1, -0.05) is 38.2 Å². The molecule has 3 rings (SSSR count). The van der Waals surface area contributed by atoms with Crippen LogP contribution in [0.1, 0.15) is 106 Å². The number of aliphatic carboxylic acids is 1. The van der Waals surface area contributed by atoms with E-state index in [0.717, 1.165) is 38.2 Å². The minimum absolute atomic E-state index is 0.0374. The highest BCUT2D eigenvalue weighted by atomic mass is 32.2. The molecule has 0 saturated heterocycles. The summed E-state index contributed by atoms with van der Waals surface area (Å²) in [5.41, 5.74) is -3.69. The predicted octanol–water partition coefficient (Wildman–Crippen LogP) is 6.11. The Morgan fingerprint density at radius 3 is 2.23 bits per heavy atom. The Balaban J connectivity index is 2.32. The van der Waals surface area contributed by atoms with Gasteiger partial charge in [0, 0.05) is 17.8 Å². The molecular weight excluding hydrogens is 597 g/mol. The summed E-state index contributed by atoms with van der Waals surface area (Å²) in [6, 6.07) is 4.95. The van der Waals surface area contributed by atoms with Crippen LogP contribution < -0.4 is 10.0 Å². The maximum Gasteiger partial charge on any atom is 0.417 e. The van der Waals surface area contributed by atoms with Gasteiger partial charge in [0.05, 0.1) is 22.2 Å². The second-order valence-electron chi connectivity index (χ2n) is 13.2. The fraction of sp³-hybridized carbons (Fsp3) is 0.581. The molecule has 0 unspecified atom stereocenters. The molecule has 1 aliphatic rings. The highest BCUT2D eigenvalue weighted by Gasteiger charge is 2.41. The predicted molar refractivity (Wildman–Crippen MR) is 159 cm³/mol. The average Bonchev–Trinajstić information content (AvgIpc) is 3.17. The quantitative estimate of drug-likeness (QED) is 0.287. The third-order valence-electron chi connectivity index (χ3n) is 7.94. The maximum atomic E-state index is 14.4. The Hall–Kier alpha value is -3.37. The lowest BCUT2D eigenvalue weighted by Crippen LogP contribution is -2.41. The van der Waals surface area contributed by atoms with Gasteiger partial charge in [-0.25, -0.2) is 13.1 Å². The summed E-state index contributed by atoms with van der Waals surface area (Å²) in [6.45, 7) is 9.09. The van der Waals surface area contributed by atoms with E-state index in [2.05, 4.69) is 10.0 Å². The highest BCUT2D eigenvalue weighted by molar-refractivity contribution is 7.89. The third-order valence-corrected chi connectivity index (χ3v) is 9.79. The van der Waals surface area contributed by atoms with Gasteiger partial charge in [0.1, 0.15) is 16.7 Å². The summed E-state index contributed by atoms with van der Waals surface area (Å²) in [7, 11) is -4.80. The number of nitriles is 1. The van der Waals surface area contributed by atoms with Crippen LogP contribution in [0.25, 0.3) is 5.69 Å². The number of carboxylic acids is 1. The minimum Gasteiger partial charge on any atom is -0.481 e. The zero-order chi connectivity index (χ0) is 33.3. The van der Waals surface area contributed by atoms with Crippen molar-refractivity contribution in [3.8, 4) is 11.8 Å². The first-order valence-corrected chi connectivity index (χ1v) is 16.1. The Kier molecular flexibility index (Phi) is 10.3. The molecule has 0 aliphatic heterocycles. The molecule has 1 saturated carbocycles. The second-order valence-corrected chi connectivity index (χ2v) is 14.8. The Morgan fingerprint density at radius 1 is 1.09 bits per heavy atom. The van der Waals surface area contributed by atoms with Gasteiger partial charge in [0.15, 0.2) is 0 Å². The summed E-state index contributed by atoms with van der Waals surface area (Å²) >= 11 is 0. The van der Waals surface area contributed by atoms with Crippen molar-refractivity contribution in [3.63, 3.8) is 0 Å². The van der Waals surface area contributed by atoms with Crippen molar-refractivity contribution in [1.82, 2.24) is 14.6 Å². The molecule has 1 amide bonds. The van der Waals surface area contributed by atoms with Crippen molar-refractivity contribution < 1.29 is 36.3 Å². The van der Waals surface area contributed by atoms with E-state index < -0.39 is 49.5 Å². The van der Waals surface area contributed by atoms with E-state index in [1.54, 1.807) is 6.92 Å². The number of carboxylic acid groups (broad SMARTS) is 1. The third kappa shape index (κ3) is 7.82. The molecule has 242 valence electrons. The number of rotatable bonds is 10. The number of nitrogens with zero attached hydrogens (tertiary/aromatic N) is 2. The van der Waals surface area contributed by atoms with Crippen molar-refractivity contribution in [2.45, 2.75) is 103 Å². The number of nitrogens with one attached hydrogen (secondary N) is 2. The van der Waals surface area contributed by atoms with E-state index in [-0.39, 0.29) is 35.8 Å². The summed E-state index contributed by atoms with van der Waals surface area (Å²) < 4.78 is 74.1. The van der Waals surface area contributed by atoms with Crippen LogP contribution in [0.4, 0.5) is 13.2 Å². The van der Waals surface area contributed by atoms with Gasteiger partial charge < -0.3 is 15.0 Å². The van der Waals surface area contributed by atoms with Gasteiger partial charge in [0.25, 0.3) is 5.91 Å². The Bertz CT molecular complexity index is 1560. The molecule has 1 aromatic heterocycles. The number of aromatic nitrogens is 1. The molecule has 1 aliphatic carbocycles. The van der Waals surface area contributed by atoms with E-state index in [4.69, 9.17) is 0 Å². The van der Waals surface area contributed by atoms with Crippen LogP contribution in [0, 0.1) is 29.6 Å². The lowest BCUT2D eigenvalue weighted by Gasteiger charge is -2.26. The van der Waals surface area contributed by atoms with Gasteiger partial charge in [-0.05, 0) is 78.0 Å². The average molecular weight is 639 g/mol. The minimum atomic E-state index is -5.05. The molecule has 0 atom stereocenters. The van der Waals surface area contributed by atoms with Crippen LogP contribution in [0.5, 0.6) is 0 Å². The number of sulfonamides is 1. The molecule has 0 bridgehead atoms. The van der Waals surface area contributed by atoms with Crippen LogP contribution in [0.3, 0.4) is 0 Å². The van der Waals surface area contributed by atoms with Crippen molar-refractivity contribution in [1.29, 1.82) is 5.26 Å². The standard InChI is InChI=1S/C31H41F3N4O5S/c1-19-23(17-20-11-8-7-9-12-20)38(24(18-35)25(19)27(39)36-16-15-30(5,6)28(40)41)22-14-10-13-21(31(32,33)34)26(22)44(42,43)37-29(2,3)4/h10,13-14,20,37H,7-9,11-12,15-17H2,1-6H3,(H,36,39)(H,40,41). The molecule has 1 fully saturated rings. The van der Waals surface area contributed by atoms with Crippen LogP contribution >= 0.6 is 0 Å². The van der Waals surface area contributed by atoms with Crippen LogP contribution in [0.2, 0.25) is 0 Å². The summed E-state index contributed by atoms with van der Waals surface area (Å²) in [5.74, 6) is -1.63. The SMILES string of the molecule is Cc1c(C(=O)NCCC(C)(C)C(=O)O)c(C#N)n(-c2cccc(C(F)(F)F)c2S(=O)(=O)NC(C)(C)C)c1CC1CCCCC1. The topological polar surface area (TPSA) is 141 Å². The van der Waals surface area contributed by atoms with E-state index in [0.29, 0.717) is 23.7 Å². The molecule has 2 aromatic rings. The van der Waals surface area contributed by atoms with Crippen molar-refractivity contribution >= 4 is 21.9 Å². The number of benzene rings is 1. The number of halogens is 3. The molecule has 9 nitrogen and oxygen atoms in total. The molecule has 0 radical (unpaired) electrons. The normalized spacial score (nSPS) is 15.2. The van der Waals surface area contributed by atoms with E-state index in [9.17, 15) is 41.5 Å². The second kappa shape index (κ2) is 12.9. The smallest absolute Gasteiger partial charge is 0.417 e. The molecule has 3 N–H and O–H groups in total. The zero-order valence-electron chi connectivity index (χ0n) is 26.0. The summed E-state index contributed by atoms with van der Waals surface area (Å²) in [4.78, 5) is 24.0. The number of carbonyl (C=O) groups is 2. The van der Waals surface area contributed by atoms with Gasteiger partial charge in [0.2, 0.25) is 10.0 Å². The fourth-order valence-electron chi connectivity index (χ4n) is 5.64. The Morgan fingerprint density at radius 2 is 1.70 bits per heavy atom. The number of hydrogen-bond acceptors (Lipinski definition) is 5. The number of amides is 1. The largest absolute Gasteiger partial charge is 0.481 e. The van der Waals surface area contributed by atoms with Crippen LogP contribution in [-0.2, 0) is 27.4 Å². The van der Waals surface area contributed by atoms with E-state index >= 15 is 0 Å². The lowest BCUT2D eigenvalue weighted by atomic mass is 9.85. The monoisotopic (exact) mass is 638 g/mol. The van der Waals surface area contributed by atoms with Crippen molar-refractivity contribution in [3.05, 3.63) is 46.3 Å². The van der Waals surface area contributed by atoms with E-state index in [1.807, 2.05) is 6.07 Å². The number of hydrogen-bond donors (Lipinski definition) is 3. The maximum absolute atomic E-state index is 14.4. The highest BCUT2D eigenvalue weighted by Crippen LogP contribution is 2.40. The molecule has 1 aromatic carbocycles. The van der Waals surface area contributed by atoms with Crippen LogP contribution in [0.15, 0.2) is 23.1 Å². The molecule has 1 heterocycles. The molecule has 13 heteroatoms. The molecule has 44 heavy (non-hydrogen) atoms. The van der Waals surface area contributed by atoms with Gasteiger partial charge >= 0.3 is 12.1 Å². The van der Waals surface area contributed by atoms with Crippen molar-refractivity contribution in [2.75, 3.05) is 6.54 Å². The first-order chi connectivity index (χ1) is 20.2. The summed E-state index contributed by atoms with van der Waals surface area (Å²) in [5, 5.41) is 22.4. The lowest BCUT2D eigenvalue weighted by molar-refractivity contribution is -0.147. The zero-order valence-corrected chi connectivity index (χ0v) is 26.8. The first kappa shape index (κ1) is 35.1. The van der Waals surface area contributed by atoms with Gasteiger partial charge in [-0.15, -0.1) is 0 Å². The molecule has 0 spiro atoms. The first-order valence-electron chi connectivity index (χ1n) is 14.6. The van der Waals surface area contributed by atoms with Gasteiger partial charge in [-0.3, -0.25) is 9.59 Å². The fourth-order valence-corrected chi connectivity index (χ4v) is 7.46. The van der Waals surface area contributed by atoms with Crippen molar-refractivity contribution in [2.24, 2.45) is 11.3 Å². The molecular formula is C31H41F3N4O5S. The van der Waals surface area contributed by atoms with E-state index in [1.165, 1.54) is 45.3 Å². The van der Waals surface area contributed by atoms with Crippen LogP contribution in [-0.4, -0.2) is 42.1 Å². The number of carbonyl (C=O) groups excluding carboxylic acids is 1. The number of alkyl halides is 3. The Labute approximate surface area is 256 Å². The summed E-state index contributed by atoms with van der Waals surface area (Å²) in [6.07, 6.45) is 0.0149. The van der Waals surface area contributed by atoms with Gasteiger partial charge in [-0.2, -0.15) is 18.4 Å².